The smallest absolute Gasteiger partial charge is 0.223 e. The molecule has 0 bridgehead atoms. The number of anilines is 2. The number of benzene rings is 1. The molecule has 0 fully saturated rings. The first kappa shape index (κ1) is 11.4. The number of aromatic nitrogens is 2. The van der Waals surface area contributed by atoms with E-state index >= 15 is 0 Å². The summed E-state index contributed by atoms with van der Waals surface area (Å²) in [5.74, 6) is 0.590. The molecular weight excluding hydrogens is 212 g/mol. The average Bonchev–Trinajstić information content (AvgIpc) is 2.33. The van der Waals surface area contributed by atoms with Gasteiger partial charge in [0.25, 0.3) is 0 Å². The SMILES string of the molecule is Cc1ccc(C(C)Nc2ncc(N)cn2)cc1. The highest BCUT2D eigenvalue weighted by Gasteiger charge is 2.06. The van der Waals surface area contributed by atoms with Crippen molar-refractivity contribution in [3.8, 4) is 0 Å². The third kappa shape index (κ3) is 2.93. The molecule has 1 aromatic heterocycles. The fraction of sp³-hybridized carbons (Fsp3) is 0.231. The van der Waals surface area contributed by atoms with Crippen LogP contribution in [0.5, 0.6) is 0 Å². The maximum Gasteiger partial charge on any atom is 0.223 e. The second-order valence-corrected chi connectivity index (χ2v) is 4.12. The third-order valence-corrected chi connectivity index (χ3v) is 2.59. The topological polar surface area (TPSA) is 63.8 Å². The largest absolute Gasteiger partial charge is 0.396 e. The Hall–Kier alpha value is -2.10. The number of hydrogen-bond acceptors (Lipinski definition) is 4. The van der Waals surface area contributed by atoms with Gasteiger partial charge in [0.1, 0.15) is 0 Å². The van der Waals surface area contributed by atoms with E-state index in [2.05, 4.69) is 53.4 Å². The molecular formula is C13H16N4. The number of aryl methyl sites for hydroxylation is 1. The lowest BCUT2D eigenvalue weighted by molar-refractivity contribution is 0.860. The molecule has 1 unspecified atom stereocenters. The number of rotatable bonds is 3. The van der Waals surface area contributed by atoms with Gasteiger partial charge in [-0.3, -0.25) is 0 Å². The van der Waals surface area contributed by atoms with Crippen LogP contribution in [0.3, 0.4) is 0 Å². The summed E-state index contributed by atoms with van der Waals surface area (Å²) in [7, 11) is 0. The monoisotopic (exact) mass is 228 g/mol. The number of nitrogens with two attached hydrogens (primary N) is 1. The van der Waals surface area contributed by atoms with Crippen LogP contribution in [-0.4, -0.2) is 9.97 Å². The van der Waals surface area contributed by atoms with Gasteiger partial charge in [-0.05, 0) is 19.4 Å². The standard InChI is InChI=1S/C13H16N4/c1-9-3-5-11(6-4-9)10(2)17-13-15-7-12(14)8-16-13/h3-8,10H,14H2,1-2H3,(H,15,16,17). The van der Waals surface area contributed by atoms with Gasteiger partial charge in [0, 0.05) is 0 Å². The van der Waals surface area contributed by atoms with Gasteiger partial charge in [0.15, 0.2) is 0 Å². The fourth-order valence-electron chi connectivity index (χ4n) is 1.54. The highest BCUT2D eigenvalue weighted by molar-refractivity contribution is 5.38. The third-order valence-electron chi connectivity index (χ3n) is 2.59. The summed E-state index contributed by atoms with van der Waals surface area (Å²) in [6, 6.07) is 8.56. The van der Waals surface area contributed by atoms with Gasteiger partial charge in [0.2, 0.25) is 5.95 Å². The molecule has 0 spiro atoms. The van der Waals surface area contributed by atoms with Crippen LogP contribution in [0.4, 0.5) is 11.6 Å². The van der Waals surface area contributed by atoms with E-state index in [1.54, 1.807) is 12.4 Å². The minimum Gasteiger partial charge on any atom is -0.396 e. The van der Waals surface area contributed by atoms with E-state index in [0.29, 0.717) is 11.6 Å². The van der Waals surface area contributed by atoms with Crippen LogP contribution in [-0.2, 0) is 0 Å². The Morgan fingerprint density at radius 1 is 1.12 bits per heavy atom. The lowest BCUT2D eigenvalue weighted by Gasteiger charge is -2.14. The van der Waals surface area contributed by atoms with Gasteiger partial charge in [-0.15, -0.1) is 0 Å². The molecule has 0 aliphatic heterocycles. The quantitative estimate of drug-likeness (QED) is 0.847. The van der Waals surface area contributed by atoms with Gasteiger partial charge >= 0.3 is 0 Å². The first-order chi connectivity index (χ1) is 8.15. The molecule has 0 radical (unpaired) electrons. The fourth-order valence-corrected chi connectivity index (χ4v) is 1.54. The highest BCUT2D eigenvalue weighted by atomic mass is 15.1. The molecule has 1 aromatic carbocycles. The molecule has 0 aliphatic carbocycles. The lowest BCUT2D eigenvalue weighted by atomic mass is 10.1. The predicted octanol–water partition coefficient (Wildman–Crippen LogP) is 2.54. The Morgan fingerprint density at radius 3 is 2.29 bits per heavy atom. The number of hydrogen-bond donors (Lipinski definition) is 2. The Kier molecular flexibility index (Phi) is 3.23. The molecule has 2 aromatic rings. The van der Waals surface area contributed by atoms with E-state index < -0.39 is 0 Å². The van der Waals surface area contributed by atoms with E-state index in [4.69, 9.17) is 5.73 Å². The Balaban J connectivity index is 2.08. The second kappa shape index (κ2) is 4.82. The minimum atomic E-state index is 0.166. The average molecular weight is 228 g/mol. The summed E-state index contributed by atoms with van der Waals surface area (Å²) < 4.78 is 0. The van der Waals surface area contributed by atoms with Crippen LogP contribution in [0.1, 0.15) is 24.1 Å². The molecule has 2 rings (SSSR count). The van der Waals surface area contributed by atoms with Crippen LogP contribution < -0.4 is 11.1 Å². The molecule has 3 N–H and O–H groups in total. The Bertz CT molecular complexity index is 476. The molecule has 0 aliphatic rings. The zero-order chi connectivity index (χ0) is 12.3. The van der Waals surface area contributed by atoms with Gasteiger partial charge in [-0.1, -0.05) is 29.8 Å². The van der Waals surface area contributed by atoms with Gasteiger partial charge in [-0.2, -0.15) is 0 Å². The van der Waals surface area contributed by atoms with Crippen molar-refractivity contribution in [1.29, 1.82) is 0 Å². The van der Waals surface area contributed by atoms with Crippen LogP contribution in [0.2, 0.25) is 0 Å². The van der Waals surface area contributed by atoms with Gasteiger partial charge in [-0.25, -0.2) is 9.97 Å². The molecule has 1 heterocycles. The van der Waals surface area contributed by atoms with E-state index in [9.17, 15) is 0 Å². The van der Waals surface area contributed by atoms with Crippen molar-refractivity contribution < 1.29 is 0 Å². The summed E-state index contributed by atoms with van der Waals surface area (Å²) in [5.41, 5.74) is 8.56. The molecule has 4 heteroatoms. The predicted molar refractivity (Wildman–Crippen MR) is 69.7 cm³/mol. The lowest BCUT2D eigenvalue weighted by Crippen LogP contribution is -2.09. The van der Waals surface area contributed by atoms with Crippen molar-refractivity contribution in [3.05, 3.63) is 47.8 Å². The summed E-state index contributed by atoms with van der Waals surface area (Å²) in [4.78, 5) is 8.23. The van der Waals surface area contributed by atoms with Crippen molar-refractivity contribution in [3.63, 3.8) is 0 Å². The van der Waals surface area contributed by atoms with E-state index in [1.165, 1.54) is 11.1 Å². The van der Waals surface area contributed by atoms with Crippen molar-refractivity contribution in [1.82, 2.24) is 9.97 Å². The van der Waals surface area contributed by atoms with Gasteiger partial charge in [0.05, 0.1) is 24.1 Å². The van der Waals surface area contributed by atoms with Crippen molar-refractivity contribution in [2.24, 2.45) is 0 Å². The Morgan fingerprint density at radius 2 is 1.71 bits per heavy atom. The zero-order valence-corrected chi connectivity index (χ0v) is 10.0. The van der Waals surface area contributed by atoms with Gasteiger partial charge < -0.3 is 11.1 Å². The number of nitrogens with one attached hydrogen (secondary N) is 1. The number of nitrogen functional groups attached to an aromatic ring is 1. The Labute approximate surface area is 101 Å². The molecule has 1 atom stereocenters. The molecule has 17 heavy (non-hydrogen) atoms. The highest BCUT2D eigenvalue weighted by Crippen LogP contribution is 2.17. The molecule has 0 amide bonds. The molecule has 4 nitrogen and oxygen atoms in total. The molecule has 88 valence electrons. The van der Waals surface area contributed by atoms with Crippen LogP contribution in [0, 0.1) is 6.92 Å². The van der Waals surface area contributed by atoms with E-state index in [1.807, 2.05) is 0 Å². The maximum atomic E-state index is 5.53. The van der Waals surface area contributed by atoms with Crippen LogP contribution in [0.25, 0.3) is 0 Å². The van der Waals surface area contributed by atoms with E-state index in [0.717, 1.165) is 0 Å². The van der Waals surface area contributed by atoms with Crippen molar-refractivity contribution >= 4 is 11.6 Å². The van der Waals surface area contributed by atoms with Crippen molar-refractivity contribution in [2.45, 2.75) is 19.9 Å². The van der Waals surface area contributed by atoms with Crippen LogP contribution in [0.15, 0.2) is 36.7 Å². The normalized spacial score (nSPS) is 12.1. The second-order valence-electron chi connectivity index (χ2n) is 4.12. The molecule has 0 saturated heterocycles. The van der Waals surface area contributed by atoms with E-state index in [-0.39, 0.29) is 6.04 Å². The molecule has 0 saturated carbocycles. The summed E-state index contributed by atoms with van der Waals surface area (Å²) >= 11 is 0. The summed E-state index contributed by atoms with van der Waals surface area (Å²) in [6.07, 6.45) is 3.19. The van der Waals surface area contributed by atoms with Crippen molar-refractivity contribution in [2.75, 3.05) is 11.1 Å². The number of nitrogens with zero attached hydrogens (tertiary/aromatic N) is 2. The zero-order valence-electron chi connectivity index (χ0n) is 10.0. The maximum absolute atomic E-state index is 5.53. The summed E-state index contributed by atoms with van der Waals surface area (Å²) in [5, 5.41) is 3.23. The first-order valence-corrected chi connectivity index (χ1v) is 5.56. The van der Waals surface area contributed by atoms with Crippen LogP contribution >= 0.6 is 0 Å². The summed E-state index contributed by atoms with van der Waals surface area (Å²) in [6.45, 7) is 4.15. The minimum absolute atomic E-state index is 0.166. The first-order valence-electron chi connectivity index (χ1n) is 5.56.